The molecule has 12 aromatic carbocycles. The summed E-state index contributed by atoms with van der Waals surface area (Å²) in [5, 5.41) is 12.1. The summed E-state index contributed by atoms with van der Waals surface area (Å²) in [4.78, 5) is 2.33. The Balaban J connectivity index is 0.828. The standard InChI is InChI=1S/C66H42N2O/c1-3-14-56-47(10-1)24-25-49-26-27-51(41-62(49)56)45-22-20-43(21-23-45)44-28-33-52(34-29-44)67(55-37-39-60-61-38-32-48-11-2-4-15-57(48)66(61)69-65(60)42-55)53-35-30-46(31-36-53)50-12-9-13-54(40-50)68-63-18-7-5-16-58(63)59-17-6-8-19-64(59)68/h1-42H. The number of nitrogens with zero attached hydrogens (tertiary/aromatic N) is 2. The molecule has 0 atom stereocenters. The summed E-state index contributed by atoms with van der Waals surface area (Å²) < 4.78 is 9.11. The van der Waals surface area contributed by atoms with E-state index < -0.39 is 0 Å². The van der Waals surface area contributed by atoms with E-state index in [4.69, 9.17) is 4.42 Å². The van der Waals surface area contributed by atoms with Gasteiger partial charge in [-0.3, -0.25) is 0 Å². The van der Waals surface area contributed by atoms with E-state index in [1.54, 1.807) is 0 Å². The number of para-hydroxylation sites is 2. The van der Waals surface area contributed by atoms with Gasteiger partial charge in [0.25, 0.3) is 0 Å². The molecule has 0 fully saturated rings. The second kappa shape index (κ2) is 15.7. The second-order valence-corrected chi connectivity index (χ2v) is 18.1. The minimum atomic E-state index is 0.860. The molecular weight excluding hydrogens is 837 g/mol. The van der Waals surface area contributed by atoms with Crippen molar-refractivity contribution < 1.29 is 4.42 Å². The molecule has 14 aromatic rings. The van der Waals surface area contributed by atoms with E-state index in [1.165, 1.54) is 65.4 Å². The summed E-state index contributed by atoms with van der Waals surface area (Å²) in [5.74, 6) is 0. The van der Waals surface area contributed by atoms with Gasteiger partial charge in [0.1, 0.15) is 11.2 Å². The van der Waals surface area contributed by atoms with Crippen molar-refractivity contribution in [2.75, 3.05) is 4.90 Å². The Hall–Kier alpha value is -9.18. The second-order valence-electron chi connectivity index (χ2n) is 18.1. The Morgan fingerprint density at radius 3 is 1.41 bits per heavy atom. The van der Waals surface area contributed by atoms with Gasteiger partial charge in [0.2, 0.25) is 0 Å². The molecule has 0 aliphatic heterocycles. The van der Waals surface area contributed by atoms with Crippen LogP contribution in [0.15, 0.2) is 259 Å². The number of aromatic nitrogens is 1. The Labute approximate surface area is 399 Å². The summed E-state index contributed by atoms with van der Waals surface area (Å²) in [5.41, 5.74) is 15.5. The average molecular weight is 879 g/mol. The van der Waals surface area contributed by atoms with Crippen LogP contribution in [0.5, 0.6) is 0 Å². The first-order valence-electron chi connectivity index (χ1n) is 23.6. The summed E-state index contributed by atoms with van der Waals surface area (Å²) in [7, 11) is 0. The number of anilines is 3. The van der Waals surface area contributed by atoms with E-state index in [0.717, 1.165) is 66.8 Å². The predicted octanol–water partition coefficient (Wildman–Crippen LogP) is 18.6. The minimum Gasteiger partial charge on any atom is -0.455 e. The van der Waals surface area contributed by atoms with Crippen LogP contribution >= 0.6 is 0 Å². The van der Waals surface area contributed by atoms with Gasteiger partial charge in [0.15, 0.2) is 0 Å². The van der Waals surface area contributed by atoms with Gasteiger partial charge in [-0.1, -0.05) is 176 Å². The third kappa shape index (κ3) is 6.51. The number of hydrogen-bond acceptors (Lipinski definition) is 2. The highest BCUT2D eigenvalue weighted by atomic mass is 16.3. The molecule has 0 amide bonds. The van der Waals surface area contributed by atoms with Crippen LogP contribution in [0.3, 0.4) is 0 Å². The number of hydrogen-bond donors (Lipinski definition) is 0. The normalized spacial score (nSPS) is 11.8. The molecule has 69 heavy (non-hydrogen) atoms. The van der Waals surface area contributed by atoms with E-state index in [0.29, 0.717) is 0 Å². The Kier molecular flexibility index (Phi) is 8.90. The fourth-order valence-corrected chi connectivity index (χ4v) is 10.7. The average Bonchev–Trinajstić information content (AvgIpc) is 3.97. The highest BCUT2D eigenvalue weighted by Gasteiger charge is 2.18. The molecule has 0 unspecified atom stereocenters. The van der Waals surface area contributed by atoms with E-state index >= 15 is 0 Å². The third-order valence-electron chi connectivity index (χ3n) is 14.2. The lowest BCUT2D eigenvalue weighted by molar-refractivity contribution is 0.672. The zero-order valence-corrected chi connectivity index (χ0v) is 37.6. The van der Waals surface area contributed by atoms with E-state index in [1.807, 2.05) is 0 Å². The first kappa shape index (κ1) is 39.0. The Bertz CT molecular complexity index is 4240. The lowest BCUT2D eigenvalue weighted by Crippen LogP contribution is -2.09. The van der Waals surface area contributed by atoms with Crippen LogP contribution in [0.2, 0.25) is 0 Å². The minimum absolute atomic E-state index is 0.860. The van der Waals surface area contributed by atoms with Crippen molar-refractivity contribution in [1.82, 2.24) is 4.57 Å². The van der Waals surface area contributed by atoms with Crippen LogP contribution in [-0.4, -0.2) is 4.57 Å². The van der Waals surface area contributed by atoms with Crippen molar-refractivity contribution in [2.24, 2.45) is 0 Å². The zero-order chi connectivity index (χ0) is 45.4. The quantitative estimate of drug-likeness (QED) is 0.149. The maximum absolute atomic E-state index is 6.73. The number of benzene rings is 12. The highest BCUT2D eigenvalue weighted by Crippen LogP contribution is 2.42. The molecule has 2 aromatic heterocycles. The Morgan fingerprint density at radius 1 is 0.275 bits per heavy atom. The van der Waals surface area contributed by atoms with Gasteiger partial charge in [-0.25, -0.2) is 0 Å². The topological polar surface area (TPSA) is 21.3 Å². The van der Waals surface area contributed by atoms with Gasteiger partial charge in [-0.2, -0.15) is 0 Å². The summed E-state index contributed by atoms with van der Waals surface area (Å²) in [6.45, 7) is 0. The molecule has 0 aliphatic carbocycles. The molecule has 0 bridgehead atoms. The van der Waals surface area contributed by atoms with Gasteiger partial charge in [-0.05, 0) is 133 Å². The van der Waals surface area contributed by atoms with Crippen molar-refractivity contribution in [1.29, 1.82) is 0 Å². The molecule has 2 heterocycles. The molecule has 0 saturated carbocycles. The predicted molar refractivity (Wildman–Crippen MR) is 292 cm³/mol. The molecule has 0 N–H and O–H groups in total. The van der Waals surface area contributed by atoms with Gasteiger partial charge in [0, 0.05) is 55.7 Å². The zero-order valence-electron chi connectivity index (χ0n) is 37.6. The van der Waals surface area contributed by atoms with Crippen LogP contribution in [-0.2, 0) is 0 Å². The monoisotopic (exact) mass is 878 g/mol. The van der Waals surface area contributed by atoms with Crippen molar-refractivity contribution in [3.8, 4) is 39.1 Å². The maximum atomic E-state index is 6.73. The van der Waals surface area contributed by atoms with Crippen LogP contribution < -0.4 is 4.90 Å². The molecular formula is C66H42N2O. The summed E-state index contributed by atoms with van der Waals surface area (Å²) in [6.07, 6.45) is 0. The maximum Gasteiger partial charge on any atom is 0.143 e. The first-order chi connectivity index (χ1) is 34.2. The first-order valence-corrected chi connectivity index (χ1v) is 23.6. The van der Waals surface area contributed by atoms with Gasteiger partial charge in [-0.15, -0.1) is 0 Å². The van der Waals surface area contributed by atoms with Gasteiger partial charge in [0.05, 0.1) is 11.0 Å². The largest absolute Gasteiger partial charge is 0.455 e. The lowest BCUT2D eigenvalue weighted by atomic mass is 9.96. The van der Waals surface area contributed by atoms with Crippen molar-refractivity contribution in [2.45, 2.75) is 0 Å². The molecule has 0 radical (unpaired) electrons. The highest BCUT2D eigenvalue weighted by molar-refractivity contribution is 6.16. The van der Waals surface area contributed by atoms with Crippen LogP contribution in [0.1, 0.15) is 0 Å². The molecule has 3 nitrogen and oxygen atoms in total. The van der Waals surface area contributed by atoms with E-state index in [-0.39, 0.29) is 0 Å². The smallest absolute Gasteiger partial charge is 0.143 e. The van der Waals surface area contributed by atoms with Crippen LogP contribution in [0.25, 0.3) is 115 Å². The summed E-state index contributed by atoms with van der Waals surface area (Å²) >= 11 is 0. The lowest BCUT2D eigenvalue weighted by Gasteiger charge is -2.26. The fraction of sp³-hybridized carbons (Fsp3) is 0. The van der Waals surface area contributed by atoms with Gasteiger partial charge >= 0.3 is 0 Å². The van der Waals surface area contributed by atoms with Crippen molar-refractivity contribution >= 4 is 93.1 Å². The van der Waals surface area contributed by atoms with Crippen LogP contribution in [0.4, 0.5) is 17.1 Å². The van der Waals surface area contributed by atoms with Crippen LogP contribution in [0, 0.1) is 0 Å². The van der Waals surface area contributed by atoms with Gasteiger partial charge < -0.3 is 13.9 Å². The van der Waals surface area contributed by atoms with E-state index in [9.17, 15) is 0 Å². The molecule has 0 spiro atoms. The molecule has 3 heteroatoms. The third-order valence-corrected chi connectivity index (χ3v) is 14.2. The molecule has 322 valence electrons. The SMILES string of the molecule is c1cc(-c2ccc(N(c3ccc(-c4ccc(-c5ccc6ccc7ccccc7c6c5)cc4)cc3)c3ccc4c(c3)oc3c5ccccc5ccc43)cc2)cc(-n2c3ccccc3c3ccccc32)c1. The molecule has 0 aliphatic rings. The Morgan fingerprint density at radius 2 is 0.739 bits per heavy atom. The van der Waals surface area contributed by atoms with Crippen molar-refractivity contribution in [3.63, 3.8) is 0 Å². The van der Waals surface area contributed by atoms with E-state index in [2.05, 4.69) is 264 Å². The number of fused-ring (bicyclic) bond motifs is 11. The molecule has 0 saturated heterocycles. The van der Waals surface area contributed by atoms with Crippen molar-refractivity contribution in [3.05, 3.63) is 255 Å². The molecule has 14 rings (SSSR count). The number of furan rings is 1. The summed E-state index contributed by atoms with van der Waals surface area (Å²) in [6, 6.07) is 92.4. The fourth-order valence-electron chi connectivity index (χ4n) is 10.7. The number of rotatable bonds is 7.